The number of benzene rings is 2. The van der Waals surface area contributed by atoms with E-state index >= 15 is 4.39 Å². The molecule has 33 heavy (non-hydrogen) atoms. The largest absolute Gasteiger partial charge is 0.369 e. The van der Waals surface area contributed by atoms with Crippen LogP contribution in [0.3, 0.4) is 0 Å². The van der Waals surface area contributed by atoms with E-state index in [9.17, 15) is 4.79 Å². The number of fused-ring (bicyclic) bond motifs is 1. The van der Waals surface area contributed by atoms with E-state index in [-0.39, 0.29) is 22.7 Å². The van der Waals surface area contributed by atoms with Crippen LogP contribution in [0, 0.1) is 11.7 Å². The third kappa shape index (κ3) is 4.02. The van der Waals surface area contributed by atoms with Gasteiger partial charge in [-0.2, -0.15) is 4.98 Å². The molecule has 0 saturated carbocycles. The molecular formula is C25H24ClFN4O2. The summed E-state index contributed by atoms with van der Waals surface area (Å²) in [6.45, 7) is 6.43. The molecule has 0 aliphatic carbocycles. The van der Waals surface area contributed by atoms with Crippen LogP contribution in [0.1, 0.15) is 26.7 Å². The van der Waals surface area contributed by atoms with Gasteiger partial charge in [-0.15, -0.1) is 0 Å². The van der Waals surface area contributed by atoms with Gasteiger partial charge < -0.3 is 14.0 Å². The molecule has 0 bridgehead atoms. The quantitative estimate of drug-likeness (QED) is 0.382. The number of pyridine rings is 1. The monoisotopic (exact) mass is 466 g/mol. The van der Waals surface area contributed by atoms with E-state index in [4.69, 9.17) is 16.1 Å². The number of aryl methyl sites for hydroxylation is 1. The van der Waals surface area contributed by atoms with Crippen molar-refractivity contribution in [3.8, 4) is 22.8 Å². The Morgan fingerprint density at radius 1 is 1.18 bits per heavy atom. The number of aromatic nitrogens is 3. The third-order valence-corrected chi connectivity index (χ3v) is 6.62. The Labute approximate surface area is 195 Å². The first-order chi connectivity index (χ1) is 15.9. The summed E-state index contributed by atoms with van der Waals surface area (Å²) in [6, 6.07) is 10.2. The van der Waals surface area contributed by atoms with Crippen LogP contribution in [0.25, 0.3) is 33.7 Å². The predicted molar refractivity (Wildman–Crippen MR) is 128 cm³/mol. The molecule has 1 saturated heterocycles. The van der Waals surface area contributed by atoms with Crippen LogP contribution in [0.5, 0.6) is 0 Å². The smallest absolute Gasteiger partial charge is 0.263 e. The van der Waals surface area contributed by atoms with E-state index in [2.05, 4.69) is 22.0 Å². The second-order valence-corrected chi connectivity index (χ2v) is 9.01. The van der Waals surface area contributed by atoms with Gasteiger partial charge in [-0.05, 0) is 62.1 Å². The molecule has 1 fully saturated rings. The summed E-state index contributed by atoms with van der Waals surface area (Å²) in [7, 11) is 0. The van der Waals surface area contributed by atoms with Gasteiger partial charge in [0.15, 0.2) is 0 Å². The highest BCUT2D eigenvalue weighted by atomic mass is 35.5. The minimum atomic E-state index is -0.388. The summed E-state index contributed by atoms with van der Waals surface area (Å²) in [5.41, 5.74) is 1.87. The maximum Gasteiger partial charge on any atom is 0.263 e. The predicted octanol–water partition coefficient (Wildman–Crippen LogP) is 5.77. The van der Waals surface area contributed by atoms with Crippen molar-refractivity contribution in [3.05, 3.63) is 63.7 Å². The van der Waals surface area contributed by atoms with Crippen LogP contribution in [0.2, 0.25) is 5.02 Å². The van der Waals surface area contributed by atoms with Gasteiger partial charge in [0.2, 0.25) is 11.3 Å². The fourth-order valence-corrected chi connectivity index (χ4v) is 4.48. The molecule has 1 aliphatic rings. The van der Waals surface area contributed by atoms with Crippen LogP contribution >= 0.6 is 11.6 Å². The summed E-state index contributed by atoms with van der Waals surface area (Å²) >= 11 is 5.95. The van der Waals surface area contributed by atoms with Crippen molar-refractivity contribution in [2.45, 2.75) is 33.2 Å². The Balaban J connectivity index is 1.59. The lowest BCUT2D eigenvalue weighted by molar-refractivity contribution is 0.431. The summed E-state index contributed by atoms with van der Waals surface area (Å²) < 4.78 is 22.5. The zero-order chi connectivity index (χ0) is 23.1. The fraction of sp³-hybridized carbons (Fsp3) is 0.320. The van der Waals surface area contributed by atoms with Gasteiger partial charge in [-0.3, -0.25) is 4.79 Å². The minimum absolute atomic E-state index is 0.101. The number of rotatable bonds is 4. The first kappa shape index (κ1) is 21.6. The SMILES string of the molecule is CCn1cc(-c2nc(-c3ccc(Cl)cc3)no2)c(=O)c2cc(F)c(N3CCC(C)CC3)cc21. The molecule has 0 N–H and O–H groups in total. The van der Waals surface area contributed by atoms with E-state index in [1.807, 2.05) is 11.5 Å². The molecule has 0 spiro atoms. The lowest BCUT2D eigenvalue weighted by atomic mass is 9.98. The van der Waals surface area contributed by atoms with Crippen LogP contribution in [0.4, 0.5) is 10.1 Å². The molecule has 6 nitrogen and oxygen atoms in total. The molecule has 0 amide bonds. The topological polar surface area (TPSA) is 64.2 Å². The Bertz CT molecular complexity index is 1370. The molecule has 4 aromatic rings. The van der Waals surface area contributed by atoms with Gasteiger partial charge in [-0.1, -0.05) is 23.7 Å². The lowest BCUT2D eigenvalue weighted by Crippen LogP contribution is -2.33. The fourth-order valence-electron chi connectivity index (χ4n) is 4.35. The molecular weight excluding hydrogens is 443 g/mol. The van der Waals surface area contributed by atoms with Crippen molar-refractivity contribution < 1.29 is 8.91 Å². The van der Waals surface area contributed by atoms with Crippen molar-refractivity contribution in [2.24, 2.45) is 5.92 Å². The lowest BCUT2D eigenvalue weighted by Gasteiger charge is -2.32. The Morgan fingerprint density at radius 2 is 1.91 bits per heavy atom. The van der Waals surface area contributed by atoms with Gasteiger partial charge in [0.25, 0.3) is 5.89 Å². The van der Waals surface area contributed by atoms with Gasteiger partial charge >= 0.3 is 0 Å². The number of anilines is 1. The minimum Gasteiger partial charge on any atom is -0.369 e. The first-order valence-electron chi connectivity index (χ1n) is 11.2. The summed E-state index contributed by atoms with van der Waals surface area (Å²) in [5, 5.41) is 4.91. The highest BCUT2D eigenvalue weighted by Gasteiger charge is 2.22. The average Bonchev–Trinajstić information content (AvgIpc) is 3.30. The number of hydrogen-bond donors (Lipinski definition) is 0. The van der Waals surface area contributed by atoms with Crippen LogP contribution < -0.4 is 10.3 Å². The van der Waals surface area contributed by atoms with Gasteiger partial charge in [0.1, 0.15) is 11.4 Å². The van der Waals surface area contributed by atoms with Crippen molar-refractivity contribution in [3.63, 3.8) is 0 Å². The van der Waals surface area contributed by atoms with E-state index in [0.717, 1.165) is 31.5 Å². The number of halogens is 2. The Hall–Kier alpha value is -3.19. The zero-order valence-electron chi connectivity index (χ0n) is 18.5. The number of nitrogens with zero attached hydrogens (tertiary/aromatic N) is 4. The molecule has 0 atom stereocenters. The van der Waals surface area contributed by atoms with E-state index in [1.54, 1.807) is 36.5 Å². The molecule has 3 heterocycles. The number of hydrogen-bond acceptors (Lipinski definition) is 5. The molecule has 8 heteroatoms. The van der Waals surface area contributed by atoms with Crippen LogP contribution in [-0.4, -0.2) is 27.8 Å². The summed E-state index contributed by atoms with van der Waals surface area (Å²) in [6.07, 6.45) is 3.78. The molecule has 2 aromatic carbocycles. The summed E-state index contributed by atoms with van der Waals surface area (Å²) in [5.74, 6) is 0.711. The molecule has 0 radical (unpaired) electrons. The maximum atomic E-state index is 15.2. The Kier molecular flexibility index (Phi) is 5.66. The number of piperidine rings is 1. The standard InChI is InChI=1S/C25H24ClFN4O2/c1-3-30-14-19(25-28-24(29-33-25)16-4-6-17(26)7-5-16)23(32)18-12-20(27)22(13-21(18)30)31-10-8-15(2)9-11-31/h4-7,12-15H,3,8-11H2,1-2H3. The Morgan fingerprint density at radius 3 is 2.61 bits per heavy atom. The van der Waals surface area contributed by atoms with E-state index < -0.39 is 0 Å². The zero-order valence-corrected chi connectivity index (χ0v) is 19.3. The van der Waals surface area contributed by atoms with Crippen LogP contribution in [0.15, 0.2) is 51.9 Å². The first-order valence-corrected chi connectivity index (χ1v) is 11.5. The second-order valence-electron chi connectivity index (χ2n) is 8.58. The second kappa shape index (κ2) is 8.63. The van der Waals surface area contributed by atoms with Gasteiger partial charge in [-0.25, -0.2) is 4.39 Å². The van der Waals surface area contributed by atoms with E-state index in [0.29, 0.717) is 39.9 Å². The van der Waals surface area contributed by atoms with Crippen molar-refractivity contribution in [2.75, 3.05) is 18.0 Å². The highest BCUT2D eigenvalue weighted by molar-refractivity contribution is 6.30. The van der Waals surface area contributed by atoms with Crippen molar-refractivity contribution in [1.29, 1.82) is 0 Å². The maximum absolute atomic E-state index is 15.2. The molecule has 170 valence electrons. The summed E-state index contributed by atoms with van der Waals surface area (Å²) in [4.78, 5) is 19.8. The normalized spacial score (nSPS) is 14.8. The average molecular weight is 467 g/mol. The van der Waals surface area contributed by atoms with Crippen molar-refractivity contribution in [1.82, 2.24) is 14.7 Å². The third-order valence-electron chi connectivity index (χ3n) is 6.37. The highest BCUT2D eigenvalue weighted by Crippen LogP contribution is 2.30. The van der Waals surface area contributed by atoms with Crippen LogP contribution in [-0.2, 0) is 6.54 Å². The molecule has 2 aromatic heterocycles. The molecule has 0 unspecified atom stereocenters. The molecule has 5 rings (SSSR count). The van der Waals surface area contributed by atoms with Gasteiger partial charge in [0, 0.05) is 41.8 Å². The van der Waals surface area contributed by atoms with E-state index in [1.165, 1.54) is 6.07 Å². The van der Waals surface area contributed by atoms with Gasteiger partial charge in [0.05, 0.1) is 11.2 Å². The van der Waals surface area contributed by atoms with Crippen molar-refractivity contribution >= 4 is 28.2 Å². The molecule has 1 aliphatic heterocycles.